The number of hydrogen-bond donors (Lipinski definition) is 1. The number of H-pyrrole nitrogens is 1. The summed E-state index contributed by atoms with van der Waals surface area (Å²) in [4.78, 5) is 3.10. The maximum Gasteiger partial charge on any atom is 0.177 e. The Kier molecular flexibility index (Phi) is 3.22. The van der Waals surface area contributed by atoms with Crippen molar-refractivity contribution in [3.8, 4) is 0 Å². The SMILES string of the molecule is S=c1[nH]cc2n1CCC2Cc1cc(Cl)cc(Cl)c1. The van der Waals surface area contributed by atoms with Crippen LogP contribution in [0.2, 0.25) is 10.0 Å². The summed E-state index contributed by atoms with van der Waals surface area (Å²) in [7, 11) is 0. The van der Waals surface area contributed by atoms with Gasteiger partial charge in [-0.05, 0) is 48.8 Å². The Morgan fingerprint density at radius 2 is 2.00 bits per heavy atom. The molecule has 0 saturated heterocycles. The summed E-state index contributed by atoms with van der Waals surface area (Å²) < 4.78 is 2.99. The highest BCUT2D eigenvalue weighted by Gasteiger charge is 2.23. The van der Waals surface area contributed by atoms with E-state index in [1.54, 1.807) is 6.07 Å². The van der Waals surface area contributed by atoms with E-state index >= 15 is 0 Å². The van der Waals surface area contributed by atoms with Gasteiger partial charge in [-0.15, -0.1) is 0 Å². The van der Waals surface area contributed by atoms with E-state index in [0.29, 0.717) is 16.0 Å². The third-order valence-electron chi connectivity index (χ3n) is 3.42. The second-order valence-electron chi connectivity index (χ2n) is 4.64. The summed E-state index contributed by atoms with van der Waals surface area (Å²) in [6, 6.07) is 5.73. The van der Waals surface area contributed by atoms with Crippen LogP contribution in [0.5, 0.6) is 0 Å². The summed E-state index contributed by atoms with van der Waals surface area (Å²) in [5.74, 6) is 0.493. The molecule has 0 saturated carbocycles. The Morgan fingerprint density at radius 1 is 1.28 bits per heavy atom. The predicted octanol–water partition coefficient (Wildman–Crippen LogP) is 4.58. The van der Waals surface area contributed by atoms with Crippen molar-refractivity contribution in [2.45, 2.75) is 25.3 Å². The lowest BCUT2D eigenvalue weighted by Gasteiger charge is -2.09. The largest absolute Gasteiger partial charge is 0.337 e. The van der Waals surface area contributed by atoms with Crippen molar-refractivity contribution in [3.63, 3.8) is 0 Å². The van der Waals surface area contributed by atoms with Gasteiger partial charge in [0.05, 0.1) is 0 Å². The number of benzene rings is 1. The first kappa shape index (κ1) is 12.3. The minimum atomic E-state index is 0.493. The third kappa shape index (κ3) is 2.22. The van der Waals surface area contributed by atoms with Gasteiger partial charge in [0.1, 0.15) is 0 Å². The number of aromatic nitrogens is 2. The summed E-state index contributed by atoms with van der Waals surface area (Å²) >= 11 is 17.3. The minimum absolute atomic E-state index is 0.493. The van der Waals surface area contributed by atoms with Crippen molar-refractivity contribution in [2.24, 2.45) is 0 Å². The molecule has 0 spiro atoms. The molecule has 1 aromatic carbocycles. The van der Waals surface area contributed by atoms with Crippen molar-refractivity contribution >= 4 is 35.4 Å². The second kappa shape index (κ2) is 4.72. The van der Waals surface area contributed by atoms with E-state index < -0.39 is 0 Å². The molecule has 0 radical (unpaired) electrons. The smallest absolute Gasteiger partial charge is 0.177 e. The van der Waals surface area contributed by atoms with Crippen molar-refractivity contribution in [1.82, 2.24) is 9.55 Å². The highest BCUT2D eigenvalue weighted by molar-refractivity contribution is 7.71. The van der Waals surface area contributed by atoms with Gasteiger partial charge in [-0.25, -0.2) is 0 Å². The number of fused-ring (bicyclic) bond motifs is 1. The molecule has 2 heterocycles. The van der Waals surface area contributed by atoms with Gasteiger partial charge in [-0.3, -0.25) is 0 Å². The molecule has 94 valence electrons. The fourth-order valence-corrected chi connectivity index (χ4v) is 3.46. The topological polar surface area (TPSA) is 20.7 Å². The highest BCUT2D eigenvalue weighted by atomic mass is 35.5. The number of imidazole rings is 1. The quantitative estimate of drug-likeness (QED) is 0.805. The number of nitrogens with one attached hydrogen (secondary N) is 1. The van der Waals surface area contributed by atoms with E-state index in [2.05, 4.69) is 9.55 Å². The van der Waals surface area contributed by atoms with Gasteiger partial charge in [-0.1, -0.05) is 23.2 Å². The molecule has 1 unspecified atom stereocenters. The van der Waals surface area contributed by atoms with Crippen LogP contribution in [0.4, 0.5) is 0 Å². The Balaban J connectivity index is 1.88. The van der Waals surface area contributed by atoms with Crippen LogP contribution < -0.4 is 0 Å². The molecule has 0 aliphatic carbocycles. The van der Waals surface area contributed by atoms with Crippen molar-refractivity contribution in [2.75, 3.05) is 0 Å². The molecule has 2 aromatic rings. The molecule has 5 heteroatoms. The third-order valence-corrected chi connectivity index (χ3v) is 4.20. The second-order valence-corrected chi connectivity index (χ2v) is 5.90. The molecule has 2 nitrogen and oxygen atoms in total. The van der Waals surface area contributed by atoms with Gasteiger partial charge in [0.15, 0.2) is 4.77 Å². The van der Waals surface area contributed by atoms with Gasteiger partial charge in [0, 0.05) is 34.4 Å². The molecule has 1 aliphatic rings. The summed E-state index contributed by atoms with van der Waals surface area (Å²) in [5.41, 5.74) is 2.47. The minimum Gasteiger partial charge on any atom is -0.337 e. The maximum atomic E-state index is 6.03. The average molecular weight is 299 g/mol. The lowest BCUT2D eigenvalue weighted by atomic mass is 9.96. The van der Waals surface area contributed by atoms with E-state index in [9.17, 15) is 0 Å². The Labute approximate surface area is 121 Å². The molecule has 3 rings (SSSR count). The molecule has 1 aliphatic heterocycles. The number of rotatable bonds is 2. The van der Waals surface area contributed by atoms with Gasteiger partial charge < -0.3 is 9.55 Å². The molecule has 1 atom stereocenters. The molecule has 0 amide bonds. The standard InChI is InChI=1S/C13H12Cl2N2S/c14-10-4-8(5-11(15)6-10)3-9-1-2-17-12(9)7-16-13(17)18/h4-7,9H,1-3H2,(H,16,18). The fourth-order valence-electron chi connectivity index (χ4n) is 2.63. The first-order valence-corrected chi connectivity index (χ1v) is 7.03. The van der Waals surface area contributed by atoms with E-state index in [1.165, 1.54) is 11.3 Å². The molecular formula is C13H12Cl2N2S. The number of halogens is 2. The van der Waals surface area contributed by atoms with E-state index in [4.69, 9.17) is 35.4 Å². The maximum absolute atomic E-state index is 6.03. The number of hydrogen-bond acceptors (Lipinski definition) is 1. The van der Waals surface area contributed by atoms with Crippen LogP contribution in [-0.4, -0.2) is 9.55 Å². The van der Waals surface area contributed by atoms with Crippen LogP contribution in [0.1, 0.15) is 23.6 Å². The lowest BCUT2D eigenvalue weighted by molar-refractivity contribution is 0.651. The van der Waals surface area contributed by atoms with Crippen LogP contribution >= 0.6 is 35.4 Å². The Morgan fingerprint density at radius 3 is 2.72 bits per heavy atom. The lowest BCUT2D eigenvalue weighted by Crippen LogP contribution is -1.98. The zero-order chi connectivity index (χ0) is 12.7. The van der Waals surface area contributed by atoms with Crippen molar-refractivity contribution in [1.29, 1.82) is 0 Å². The normalized spacial score (nSPS) is 18.0. The first-order valence-electron chi connectivity index (χ1n) is 5.86. The number of aromatic amines is 1. The molecule has 0 fully saturated rings. The monoisotopic (exact) mass is 298 g/mol. The summed E-state index contributed by atoms with van der Waals surface area (Å²) in [5, 5.41) is 1.39. The fraction of sp³-hybridized carbons (Fsp3) is 0.308. The Bertz CT molecular complexity index is 624. The van der Waals surface area contributed by atoms with E-state index in [1.807, 2.05) is 18.3 Å². The van der Waals surface area contributed by atoms with E-state index in [-0.39, 0.29) is 0 Å². The van der Waals surface area contributed by atoms with E-state index in [0.717, 1.165) is 24.2 Å². The predicted molar refractivity (Wildman–Crippen MR) is 77.1 cm³/mol. The molecule has 1 aromatic heterocycles. The van der Waals surface area contributed by atoms with Gasteiger partial charge in [0.25, 0.3) is 0 Å². The zero-order valence-electron chi connectivity index (χ0n) is 9.62. The van der Waals surface area contributed by atoms with Crippen molar-refractivity contribution < 1.29 is 0 Å². The van der Waals surface area contributed by atoms with Crippen LogP contribution in [0.25, 0.3) is 0 Å². The average Bonchev–Trinajstić information content (AvgIpc) is 2.83. The van der Waals surface area contributed by atoms with Gasteiger partial charge in [-0.2, -0.15) is 0 Å². The zero-order valence-corrected chi connectivity index (χ0v) is 11.9. The molecule has 18 heavy (non-hydrogen) atoms. The van der Waals surface area contributed by atoms with Crippen LogP contribution in [0, 0.1) is 4.77 Å². The van der Waals surface area contributed by atoms with Crippen LogP contribution in [0.15, 0.2) is 24.4 Å². The van der Waals surface area contributed by atoms with Crippen LogP contribution in [0.3, 0.4) is 0 Å². The first-order chi connectivity index (χ1) is 8.63. The van der Waals surface area contributed by atoms with Crippen LogP contribution in [-0.2, 0) is 13.0 Å². The van der Waals surface area contributed by atoms with Gasteiger partial charge >= 0.3 is 0 Å². The number of nitrogens with zero attached hydrogens (tertiary/aromatic N) is 1. The van der Waals surface area contributed by atoms with Gasteiger partial charge in [0.2, 0.25) is 0 Å². The summed E-state index contributed by atoms with van der Waals surface area (Å²) in [6.07, 6.45) is 4.09. The molecule has 1 N–H and O–H groups in total. The Hall–Kier alpha value is -0.770. The van der Waals surface area contributed by atoms with Crippen molar-refractivity contribution in [3.05, 3.63) is 50.5 Å². The highest BCUT2D eigenvalue weighted by Crippen LogP contribution is 2.32. The summed E-state index contributed by atoms with van der Waals surface area (Å²) in [6.45, 7) is 0.997. The molecular weight excluding hydrogens is 287 g/mol. The molecule has 0 bridgehead atoms.